The number of pyridine rings is 1. The van der Waals surface area contributed by atoms with Gasteiger partial charge in [-0.05, 0) is 18.2 Å². The number of carboxylic acid groups (broad SMARTS) is 1. The van der Waals surface area contributed by atoms with E-state index in [0.717, 1.165) is 18.3 Å². The maximum absolute atomic E-state index is 13.4. The Labute approximate surface area is 118 Å². The second-order valence-electron chi connectivity index (χ2n) is 4.15. The highest BCUT2D eigenvalue weighted by Crippen LogP contribution is 2.16. The van der Waals surface area contributed by atoms with E-state index in [9.17, 15) is 18.4 Å². The molecule has 0 atom stereocenters. The Kier molecular flexibility index (Phi) is 4.22. The average Bonchev–Trinajstić information content (AvgIpc) is 2.43. The van der Waals surface area contributed by atoms with Crippen molar-refractivity contribution in [1.82, 2.24) is 4.98 Å². The van der Waals surface area contributed by atoms with Crippen molar-refractivity contribution in [2.75, 3.05) is 5.32 Å². The van der Waals surface area contributed by atoms with Crippen LogP contribution in [-0.4, -0.2) is 22.0 Å². The van der Waals surface area contributed by atoms with Crippen LogP contribution < -0.4 is 5.32 Å². The Morgan fingerprint density at radius 3 is 2.48 bits per heavy atom. The van der Waals surface area contributed by atoms with Crippen molar-refractivity contribution in [2.45, 2.75) is 6.42 Å². The summed E-state index contributed by atoms with van der Waals surface area (Å²) in [6.45, 7) is 0. The maximum Gasteiger partial charge on any atom is 0.337 e. The number of amides is 1. The number of halogens is 2. The van der Waals surface area contributed by atoms with E-state index in [1.54, 1.807) is 0 Å². The highest BCUT2D eigenvalue weighted by atomic mass is 19.1. The van der Waals surface area contributed by atoms with Gasteiger partial charge in [0.1, 0.15) is 11.6 Å². The minimum absolute atomic E-state index is 0.0354. The molecule has 0 spiro atoms. The van der Waals surface area contributed by atoms with Gasteiger partial charge in [-0.25, -0.2) is 13.6 Å². The van der Waals surface area contributed by atoms with Crippen molar-refractivity contribution in [3.05, 3.63) is 59.4 Å². The molecule has 0 saturated carbocycles. The van der Waals surface area contributed by atoms with E-state index in [1.807, 2.05) is 0 Å². The van der Waals surface area contributed by atoms with Crippen LogP contribution in [0.1, 0.15) is 15.9 Å². The number of anilines is 1. The molecule has 1 heterocycles. The molecule has 2 N–H and O–H groups in total. The molecule has 7 heteroatoms. The van der Waals surface area contributed by atoms with Gasteiger partial charge in [0.2, 0.25) is 5.91 Å². The molecule has 0 aliphatic carbocycles. The van der Waals surface area contributed by atoms with Crippen molar-refractivity contribution in [1.29, 1.82) is 0 Å². The maximum atomic E-state index is 13.4. The van der Waals surface area contributed by atoms with Gasteiger partial charge in [0, 0.05) is 11.8 Å². The Morgan fingerprint density at radius 2 is 1.86 bits per heavy atom. The average molecular weight is 292 g/mol. The molecular weight excluding hydrogens is 282 g/mol. The third-order valence-corrected chi connectivity index (χ3v) is 2.72. The van der Waals surface area contributed by atoms with Gasteiger partial charge in [-0.3, -0.25) is 9.78 Å². The van der Waals surface area contributed by atoms with E-state index in [0.29, 0.717) is 0 Å². The second kappa shape index (κ2) is 6.08. The third-order valence-electron chi connectivity index (χ3n) is 2.72. The van der Waals surface area contributed by atoms with Crippen LogP contribution in [0.2, 0.25) is 0 Å². The van der Waals surface area contributed by atoms with Crippen LogP contribution in [0, 0.1) is 11.6 Å². The zero-order valence-corrected chi connectivity index (χ0v) is 10.6. The summed E-state index contributed by atoms with van der Waals surface area (Å²) in [6.07, 6.45) is 1.86. The minimum atomic E-state index is -1.25. The first-order valence-electron chi connectivity index (χ1n) is 5.89. The molecule has 5 nitrogen and oxygen atoms in total. The fourth-order valence-corrected chi connectivity index (χ4v) is 1.74. The molecule has 1 amide bonds. The molecule has 21 heavy (non-hydrogen) atoms. The predicted octanol–water partition coefficient (Wildman–Crippen LogP) is 2.24. The van der Waals surface area contributed by atoms with E-state index in [1.165, 1.54) is 18.3 Å². The van der Waals surface area contributed by atoms with Crippen LogP contribution in [0.5, 0.6) is 0 Å². The lowest BCUT2D eigenvalue weighted by Crippen LogP contribution is -2.18. The van der Waals surface area contributed by atoms with Crippen molar-refractivity contribution >= 4 is 17.6 Å². The lowest BCUT2D eigenvalue weighted by Gasteiger charge is -2.08. The smallest absolute Gasteiger partial charge is 0.337 e. The summed E-state index contributed by atoms with van der Waals surface area (Å²) < 4.78 is 26.9. The molecule has 0 radical (unpaired) electrons. The van der Waals surface area contributed by atoms with Crippen molar-refractivity contribution in [3.63, 3.8) is 0 Å². The second-order valence-corrected chi connectivity index (χ2v) is 4.15. The van der Waals surface area contributed by atoms with Gasteiger partial charge in [-0.15, -0.1) is 0 Å². The molecule has 1 aromatic heterocycles. The Balaban J connectivity index is 2.18. The molecular formula is C14H10F2N2O3. The number of rotatable bonds is 4. The van der Waals surface area contributed by atoms with Crippen LogP contribution >= 0.6 is 0 Å². The number of aromatic nitrogens is 1. The Morgan fingerprint density at radius 1 is 1.19 bits per heavy atom. The summed E-state index contributed by atoms with van der Waals surface area (Å²) in [5.41, 5.74) is -0.574. The number of aromatic carboxylic acids is 1. The summed E-state index contributed by atoms with van der Waals surface area (Å²) in [7, 11) is 0. The standard InChI is InChI=1S/C14H10F2N2O3/c15-10-2-1-3-11(16)9(10)6-13(19)18-12-7-17-5-4-8(12)14(20)21/h1-5,7H,6H2,(H,18,19)(H,20,21). The van der Waals surface area contributed by atoms with Crippen LogP contribution in [0.3, 0.4) is 0 Å². The highest BCUT2D eigenvalue weighted by Gasteiger charge is 2.16. The first-order valence-corrected chi connectivity index (χ1v) is 5.89. The van der Waals surface area contributed by atoms with Gasteiger partial charge in [0.05, 0.1) is 23.9 Å². The Bertz CT molecular complexity index is 684. The molecule has 0 saturated heterocycles. The number of nitrogens with one attached hydrogen (secondary N) is 1. The topological polar surface area (TPSA) is 79.3 Å². The first kappa shape index (κ1) is 14.6. The number of hydrogen-bond donors (Lipinski definition) is 2. The predicted molar refractivity (Wildman–Crippen MR) is 69.9 cm³/mol. The van der Waals surface area contributed by atoms with Gasteiger partial charge in [0.25, 0.3) is 0 Å². The fourth-order valence-electron chi connectivity index (χ4n) is 1.74. The Hall–Kier alpha value is -2.83. The number of carboxylic acids is 1. The molecule has 2 aromatic rings. The van der Waals surface area contributed by atoms with Crippen molar-refractivity contribution in [3.8, 4) is 0 Å². The first-order chi connectivity index (χ1) is 9.99. The van der Waals surface area contributed by atoms with Crippen LogP contribution in [0.25, 0.3) is 0 Å². The quantitative estimate of drug-likeness (QED) is 0.905. The van der Waals surface area contributed by atoms with Crippen molar-refractivity contribution < 1.29 is 23.5 Å². The lowest BCUT2D eigenvalue weighted by molar-refractivity contribution is -0.115. The van der Waals surface area contributed by atoms with Crippen LogP contribution in [0.4, 0.5) is 14.5 Å². The van der Waals surface area contributed by atoms with Crippen LogP contribution in [0.15, 0.2) is 36.7 Å². The third kappa shape index (κ3) is 3.38. The van der Waals surface area contributed by atoms with Crippen molar-refractivity contribution in [2.24, 2.45) is 0 Å². The summed E-state index contributed by atoms with van der Waals surface area (Å²) in [5.74, 6) is -3.66. The van der Waals surface area contributed by atoms with Gasteiger partial charge in [-0.1, -0.05) is 6.07 Å². The molecule has 0 aliphatic rings. The fraction of sp³-hybridized carbons (Fsp3) is 0.0714. The molecule has 0 fully saturated rings. The highest BCUT2D eigenvalue weighted by molar-refractivity contribution is 6.00. The number of nitrogens with zero attached hydrogens (tertiary/aromatic N) is 1. The SMILES string of the molecule is O=C(Cc1c(F)cccc1F)Nc1cnccc1C(=O)O. The molecule has 0 bridgehead atoms. The molecule has 1 aromatic carbocycles. The van der Waals surface area contributed by atoms with Gasteiger partial charge in [0.15, 0.2) is 0 Å². The van der Waals surface area contributed by atoms with Crippen LogP contribution in [-0.2, 0) is 11.2 Å². The number of hydrogen-bond acceptors (Lipinski definition) is 3. The zero-order chi connectivity index (χ0) is 15.4. The molecule has 2 rings (SSSR count). The summed E-state index contributed by atoms with van der Waals surface area (Å²) in [4.78, 5) is 26.5. The summed E-state index contributed by atoms with van der Waals surface area (Å²) >= 11 is 0. The molecule has 108 valence electrons. The van der Waals surface area contributed by atoms with E-state index < -0.39 is 29.9 Å². The number of benzene rings is 1. The van der Waals surface area contributed by atoms with Gasteiger partial charge < -0.3 is 10.4 Å². The van der Waals surface area contributed by atoms with E-state index in [4.69, 9.17) is 5.11 Å². The van der Waals surface area contributed by atoms with Gasteiger partial charge in [-0.2, -0.15) is 0 Å². The zero-order valence-electron chi connectivity index (χ0n) is 10.6. The van der Waals surface area contributed by atoms with E-state index in [-0.39, 0.29) is 16.8 Å². The largest absolute Gasteiger partial charge is 0.478 e. The normalized spacial score (nSPS) is 10.2. The summed E-state index contributed by atoms with van der Waals surface area (Å²) in [6, 6.07) is 4.48. The monoisotopic (exact) mass is 292 g/mol. The molecule has 0 unspecified atom stereocenters. The summed E-state index contributed by atoms with van der Waals surface area (Å²) in [5, 5.41) is 11.2. The number of carbonyl (C=O) groups is 2. The molecule has 0 aliphatic heterocycles. The number of carbonyl (C=O) groups excluding carboxylic acids is 1. The van der Waals surface area contributed by atoms with Gasteiger partial charge >= 0.3 is 5.97 Å². The lowest BCUT2D eigenvalue weighted by atomic mass is 10.1. The van der Waals surface area contributed by atoms with E-state index in [2.05, 4.69) is 10.3 Å². The van der Waals surface area contributed by atoms with E-state index >= 15 is 0 Å². The minimum Gasteiger partial charge on any atom is -0.478 e.